The smallest absolute Gasteiger partial charge is 0.347 e. The Morgan fingerprint density at radius 2 is 1.36 bits per heavy atom. The second-order valence-electron chi connectivity index (χ2n) is 2.34. The molecule has 5 heteroatoms. The summed E-state index contributed by atoms with van der Waals surface area (Å²) in [4.78, 5) is 22.4. The number of hydrogen-bond acceptors (Lipinski definition) is 5. The van der Waals surface area contributed by atoms with Crippen molar-refractivity contribution in [3.63, 3.8) is 0 Å². The molecule has 14 heavy (non-hydrogen) atoms. The van der Waals surface area contributed by atoms with Gasteiger partial charge in [-0.15, -0.1) is 0 Å². The lowest BCUT2D eigenvalue weighted by molar-refractivity contribution is -0.172. The van der Waals surface area contributed by atoms with Crippen molar-refractivity contribution >= 4 is 11.9 Å². The Morgan fingerprint density at radius 3 is 1.64 bits per heavy atom. The summed E-state index contributed by atoms with van der Waals surface area (Å²) >= 11 is 0. The molecule has 0 aromatic carbocycles. The van der Waals surface area contributed by atoms with Gasteiger partial charge in [-0.3, -0.25) is 0 Å². The molecule has 0 aliphatic rings. The van der Waals surface area contributed by atoms with Crippen LogP contribution in [-0.4, -0.2) is 37.9 Å². The Balaban J connectivity index is 4.25. The summed E-state index contributed by atoms with van der Waals surface area (Å²) in [6.07, 6.45) is -1.25. The van der Waals surface area contributed by atoms with E-state index in [1.807, 2.05) is 0 Å². The molecule has 0 radical (unpaired) electrons. The molecular formula is C9H16O5. The van der Waals surface area contributed by atoms with Crippen LogP contribution in [0, 0.1) is 0 Å². The van der Waals surface area contributed by atoms with Gasteiger partial charge in [0.05, 0.1) is 13.2 Å². The van der Waals surface area contributed by atoms with Crippen molar-refractivity contribution < 1.29 is 23.8 Å². The van der Waals surface area contributed by atoms with Crippen LogP contribution in [0.25, 0.3) is 0 Å². The fourth-order valence-corrected chi connectivity index (χ4v) is 0.835. The van der Waals surface area contributed by atoms with E-state index in [4.69, 9.17) is 4.74 Å². The van der Waals surface area contributed by atoms with Crippen LogP contribution in [0.5, 0.6) is 0 Å². The largest absolute Gasteiger partial charge is 0.464 e. The van der Waals surface area contributed by atoms with E-state index in [1.54, 1.807) is 20.8 Å². The summed E-state index contributed by atoms with van der Waals surface area (Å²) in [7, 11) is 0. The monoisotopic (exact) mass is 204 g/mol. The first kappa shape index (κ1) is 12.9. The summed E-state index contributed by atoms with van der Waals surface area (Å²) in [6.45, 7) is 5.68. The van der Waals surface area contributed by atoms with Crippen molar-refractivity contribution in [3.8, 4) is 0 Å². The number of carbonyl (C=O) groups is 2. The third-order valence-electron chi connectivity index (χ3n) is 1.33. The molecule has 0 aliphatic carbocycles. The highest BCUT2D eigenvalue weighted by Gasteiger charge is 2.29. The van der Waals surface area contributed by atoms with Gasteiger partial charge in [0.25, 0.3) is 6.10 Å². The third kappa shape index (κ3) is 4.23. The first-order valence-electron chi connectivity index (χ1n) is 4.62. The van der Waals surface area contributed by atoms with Crippen LogP contribution in [0.2, 0.25) is 0 Å². The van der Waals surface area contributed by atoms with Crippen molar-refractivity contribution in [1.82, 2.24) is 0 Å². The van der Waals surface area contributed by atoms with Crippen molar-refractivity contribution in [3.05, 3.63) is 0 Å². The fraction of sp³-hybridized carbons (Fsp3) is 0.778. The Labute approximate surface area is 83.3 Å². The second kappa shape index (κ2) is 7.32. The zero-order valence-electron chi connectivity index (χ0n) is 8.74. The molecule has 0 aromatic heterocycles. The van der Waals surface area contributed by atoms with Gasteiger partial charge >= 0.3 is 11.9 Å². The predicted octanol–water partition coefficient (Wildman–Crippen LogP) is 0.518. The molecular weight excluding hydrogens is 188 g/mol. The van der Waals surface area contributed by atoms with Crippen LogP contribution < -0.4 is 0 Å². The lowest BCUT2D eigenvalue weighted by atomic mass is 10.3. The number of ether oxygens (including phenoxy) is 3. The number of esters is 2. The SMILES string of the molecule is CCOC(=O)C(OCC)C(=O)OCC. The predicted molar refractivity (Wildman–Crippen MR) is 48.7 cm³/mol. The highest BCUT2D eigenvalue weighted by atomic mass is 16.6. The third-order valence-corrected chi connectivity index (χ3v) is 1.33. The Kier molecular flexibility index (Phi) is 6.74. The van der Waals surface area contributed by atoms with Crippen LogP contribution in [0.15, 0.2) is 0 Å². The average Bonchev–Trinajstić information content (AvgIpc) is 2.14. The molecule has 0 unspecified atom stereocenters. The van der Waals surface area contributed by atoms with Gasteiger partial charge in [0, 0.05) is 6.61 Å². The van der Waals surface area contributed by atoms with E-state index >= 15 is 0 Å². The van der Waals surface area contributed by atoms with E-state index in [-0.39, 0.29) is 19.8 Å². The minimum Gasteiger partial charge on any atom is -0.464 e. The first-order valence-corrected chi connectivity index (χ1v) is 4.62. The molecule has 0 bridgehead atoms. The number of hydrogen-bond donors (Lipinski definition) is 0. The molecule has 82 valence electrons. The van der Waals surface area contributed by atoms with E-state index in [0.29, 0.717) is 0 Å². The zero-order valence-corrected chi connectivity index (χ0v) is 8.74. The second-order valence-corrected chi connectivity index (χ2v) is 2.34. The van der Waals surface area contributed by atoms with Gasteiger partial charge in [-0.2, -0.15) is 0 Å². The van der Waals surface area contributed by atoms with Gasteiger partial charge in [-0.05, 0) is 20.8 Å². The maximum Gasteiger partial charge on any atom is 0.347 e. The molecule has 0 saturated heterocycles. The highest BCUT2D eigenvalue weighted by molar-refractivity contribution is 5.98. The van der Waals surface area contributed by atoms with Gasteiger partial charge in [0.15, 0.2) is 0 Å². The van der Waals surface area contributed by atoms with Crippen molar-refractivity contribution in [1.29, 1.82) is 0 Å². The standard InChI is InChI=1S/C9H16O5/c1-4-12-7(8(10)13-5-2)9(11)14-6-3/h7H,4-6H2,1-3H3. The quantitative estimate of drug-likeness (QED) is 0.466. The fourth-order valence-electron chi connectivity index (χ4n) is 0.835. The first-order chi connectivity index (χ1) is 6.67. The lowest BCUT2D eigenvalue weighted by Crippen LogP contribution is -2.36. The van der Waals surface area contributed by atoms with E-state index in [0.717, 1.165) is 0 Å². The Bertz CT molecular complexity index is 172. The van der Waals surface area contributed by atoms with Gasteiger partial charge in [-0.1, -0.05) is 0 Å². The Hall–Kier alpha value is -1.10. The summed E-state index contributed by atoms with van der Waals surface area (Å²) in [5.41, 5.74) is 0. The van der Waals surface area contributed by atoms with E-state index < -0.39 is 18.0 Å². The number of carbonyl (C=O) groups excluding carboxylic acids is 2. The molecule has 0 fully saturated rings. The molecule has 0 N–H and O–H groups in total. The van der Waals surface area contributed by atoms with Crippen molar-refractivity contribution in [2.24, 2.45) is 0 Å². The summed E-state index contributed by atoms with van der Waals surface area (Å²) in [5, 5.41) is 0. The van der Waals surface area contributed by atoms with Gasteiger partial charge in [0.1, 0.15) is 0 Å². The zero-order chi connectivity index (χ0) is 11.0. The molecule has 0 aliphatic heterocycles. The van der Waals surface area contributed by atoms with Crippen LogP contribution in [0.4, 0.5) is 0 Å². The molecule has 0 amide bonds. The van der Waals surface area contributed by atoms with E-state index in [2.05, 4.69) is 9.47 Å². The summed E-state index contributed by atoms with van der Waals surface area (Å²) in [6, 6.07) is 0. The van der Waals surface area contributed by atoms with Crippen LogP contribution in [-0.2, 0) is 23.8 Å². The molecule has 0 atom stereocenters. The van der Waals surface area contributed by atoms with Crippen molar-refractivity contribution in [2.45, 2.75) is 26.9 Å². The van der Waals surface area contributed by atoms with Crippen LogP contribution in [0.3, 0.4) is 0 Å². The molecule has 0 saturated carbocycles. The lowest BCUT2D eigenvalue weighted by Gasteiger charge is -2.13. The van der Waals surface area contributed by atoms with Crippen LogP contribution in [0.1, 0.15) is 20.8 Å². The molecule has 0 aromatic rings. The highest BCUT2D eigenvalue weighted by Crippen LogP contribution is 1.99. The van der Waals surface area contributed by atoms with E-state index in [1.165, 1.54) is 0 Å². The van der Waals surface area contributed by atoms with E-state index in [9.17, 15) is 9.59 Å². The van der Waals surface area contributed by atoms with Gasteiger partial charge in [0.2, 0.25) is 0 Å². The number of rotatable bonds is 6. The molecule has 5 nitrogen and oxygen atoms in total. The minimum absolute atomic E-state index is 0.210. The van der Waals surface area contributed by atoms with Gasteiger partial charge < -0.3 is 14.2 Å². The average molecular weight is 204 g/mol. The normalized spacial score (nSPS) is 10.0. The molecule has 0 rings (SSSR count). The summed E-state index contributed by atoms with van der Waals surface area (Å²) < 4.78 is 14.2. The molecule has 0 spiro atoms. The minimum atomic E-state index is -1.25. The Morgan fingerprint density at radius 1 is 0.929 bits per heavy atom. The van der Waals surface area contributed by atoms with Gasteiger partial charge in [-0.25, -0.2) is 9.59 Å². The topological polar surface area (TPSA) is 61.8 Å². The van der Waals surface area contributed by atoms with Crippen LogP contribution >= 0.6 is 0 Å². The molecule has 0 heterocycles. The maximum atomic E-state index is 11.2. The maximum absolute atomic E-state index is 11.2. The summed E-state index contributed by atoms with van der Waals surface area (Å²) in [5.74, 6) is -1.40. The van der Waals surface area contributed by atoms with Crippen molar-refractivity contribution in [2.75, 3.05) is 19.8 Å².